The molecule has 2 aromatic rings. The number of hydrogen-bond acceptors (Lipinski definition) is 3. The summed E-state index contributed by atoms with van der Waals surface area (Å²) in [5.74, 6) is -0.553. The molecule has 0 aliphatic heterocycles. The molecule has 2 rings (SSSR count). The summed E-state index contributed by atoms with van der Waals surface area (Å²) in [5.41, 5.74) is 3.08. The first kappa shape index (κ1) is 15.6. The summed E-state index contributed by atoms with van der Waals surface area (Å²) in [6.07, 6.45) is 0. The summed E-state index contributed by atoms with van der Waals surface area (Å²) in [6.45, 7) is 2.53. The quantitative estimate of drug-likeness (QED) is 0.826. The molecule has 0 spiro atoms. The Labute approximate surface area is 133 Å². The Bertz CT molecular complexity index is 613. The van der Waals surface area contributed by atoms with Gasteiger partial charge in [0.15, 0.2) is 0 Å². The number of methoxy groups -OCH3 is 1. The molecule has 0 saturated heterocycles. The van der Waals surface area contributed by atoms with Crippen LogP contribution in [0.3, 0.4) is 0 Å². The number of benzene rings is 2. The van der Waals surface area contributed by atoms with Crippen molar-refractivity contribution >= 4 is 27.6 Å². The van der Waals surface area contributed by atoms with Crippen LogP contribution in [0.25, 0.3) is 0 Å². The lowest BCUT2D eigenvalue weighted by Crippen LogP contribution is -2.22. The molecule has 0 radical (unpaired) electrons. The van der Waals surface area contributed by atoms with Gasteiger partial charge in [-0.3, -0.25) is 4.79 Å². The Morgan fingerprint density at radius 1 is 1.24 bits per heavy atom. The Hall–Kier alpha value is -1.81. The smallest absolute Gasteiger partial charge is 0.314 e. The van der Waals surface area contributed by atoms with Crippen molar-refractivity contribution in [2.24, 2.45) is 0 Å². The zero-order valence-corrected chi connectivity index (χ0v) is 13.7. The first-order valence-electron chi connectivity index (χ1n) is 6.74. The van der Waals surface area contributed by atoms with Crippen LogP contribution >= 0.6 is 15.9 Å². The van der Waals surface area contributed by atoms with Gasteiger partial charge in [0.05, 0.1) is 13.0 Å². The van der Waals surface area contributed by atoms with Crippen molar-refractivity contribution in [3.8, 4) is 0 Å². The second-order valence-electron chi connectivity index (χ2n) is 4.83. The van der Waals surface area contributed by atoms with Gasteiger partial charge in [0, 0.05) is 16.7 Å². The summed E-state index contributed by atoms with van der Waals surface area (Å²) in [4.78, 5) is 12.0. The number of aryl methyl sites for hydroxylation is 1. The molecule has 0 heterocycles. The monoisotopic (exact) mass is 347 g/mol. The van der Waals surface area contributed by atoms with E-state index in [-0.39, 0.29) is 11.9 Å². The average molecular weight is 348 g/mol. The summed E-state index contributed by atoms with van der Waals surface area (Å²) in [7, 11) is 1.42. The predicted molar refractivity (Wildman–Crippen MR) is 88.6 cm³/mol. The van der Waals surface area contributed by atoms with Crippen molar-refractivity contribution in [1.82, 2.24) is 0 Å². The molecule has 3 nitrogen and oxygen atoms in total. The van der Waals surface area contributed by atoms with Crippen LogP contribution in [0.1, 0.15) is 17.0 Å². The first-order valence-corrected chi connectivity index (χ1v) is 7.54. The molecule has 0 aromatic heterocycles. The minimum atomic E-state index is -0.319. The number of nitrogens with one attached hydrogen (secondary N) is 1. The molecule has 110 valence electrons. The maximum absolute atomic E-state index is 12.0. The molecule has 0 bridgehead atoms. The second-order valence-corrected chi connectivity index (χ2v) is 5.69. The van der Waals surface area contributed by atoms with Crippen LogP contribution in [0.15, 0.2) is 53.0 Å². The van der Waals surface area contributed by atoms with Gasteiger partial charge in [-0.1, -0.05) is 46.3 Å². The van der Waals surface area contributed by atoms with E-state index in [1.807, 2.05) is 55.5 Å². The van der Waals surface area contributed by atoms with Gasteiger partial charge in [0.25, 0.3) is 0 Å². The summed E-state index contributed by atoms with van der Waals surface area (Å²) in [5, 5.41) is 3.30. The average Bonchev–Trinajstić information content (AvgIpc) is 2.51. The van der Waals surface area contributed by atoms with Crippen LogP contribution in [0.5, 0.6) is 0 Å². The van der Waals surface area contributed by atoms with Crippen LogP contribution in [-0.2, 0) is 9.53 Å². The van der Waals surface area contributed by atoms with E-state index in [2.05, 4.69) is 21.2 Å². The molecule has 0 saturated carbocycles. The molecule has 1 atom stereocenters. The number of carbonyl (C=O) groups excluding carboxylic acids is 1. The lowest BCUT2D eigenvalue weighted by atomic mass is 9.99. The highest BCUT2D eigenvalue weighted by molar-refractivity contribution is 9.10. The first-order chi connectivity index (χ1) is 10.1. The zero-order chi connectivity index (χ0) is 15.2. The van der Waals surface area contributed by atoms with Crippen LogP contribution in [0, 0.1) is 6.92 Å². The minimum absolute atomic E-state index is 0.234. The number of halogens is 1. The Balaban J connectivity index is 2.12. The summed E-state index contributed by atoms with van der Waals surface area (Å²) in [6, 6.07) is 15.7. The minimum Gasteiger partial charge on any atom is -0.468 e. The number of anilines is 1. The van der Waals surface area contributed by atoms with Gasteiger partial charge in [0.2, 0.25) is 0 Å². The van der Waals surface area contributed by atoms with Gasteiger partial charge >= 0.3 is 5.97 Å². The second kappa shape index (κ2) is 7.27. The molecule has 0 aliphatic rings. The van der Waals surface area contributed by atoms with Gasteiger partial charge < -0.3 is 10.1 Å². The number of carbonyl (C=O) groups is 1. The maximum atomic E-state index is 12.0. The van der Waals surface area contributed by atoms with E-state index < -0.39 is 0 Å². The number of rotatable bonds is 5. The normalized spacial score (nSPS) is 11.8. The van der Waals surface area contributed by atoms with E-state index in [1.54, 1.807) is 0 Å². The van der Waals surface area contributed by atoms with Crippen molar-refractivity contribution in [2.45, 2.75) is 12.8 Å². The van der Waals surface area contributed by atoms with E-state index >= 15 is 0 Å². The highest BCUT2D eigenvalue weighted by atomic mass is 79.9. The Morgan fingerprint density at radius 3 is 2.57 bits per heavy atom. The molecule has 0 aliphatic carbocycles. The van der Waals surface area contributed by atoms with Crippen LogP contribution < -0.4 is 5.32 Å². The van der Waals surface area contributed by atoms with Crippen molar-refractivity contribution < 1.29 is 9.53 Å². The van der Waals surface area contributed by atoms with Crippen LogP contribution in [0.2, 0.25) is 0 Å². The zero-order valence-electron chi connectivity index (χ0n) is 12.1. The Kier molecular flexibility index (Phi) is 5.39. The van der Waals surface area contributed by atoms with Crippen molar-refractivity contribution in [3.63, 3.8) is 0 Å². The topological polar surface area (TPSA) is 38.3 Å². The SMILES string of the molecule is COC(=O)C(CNc1ccc(Br)c(C)c1)c1ccccc1. The third-order valence-electron chi connectivity index (χ3n) is 3.36. The highest BCUT2D eigenvalue weighted by Gasteiger charge is 2.20. The summed E-state index contributed by atoms with van der Waals surface area (Å²) >= 11 is 3.48. The number of esters is 1. The van der Waals surface area contributed by atoms with E-state index in [9.17, 15) is 4.79 Å². The van der Waals surface area contributed by atoms with Gasteiger partial charge in [0.1, 0.15) is 0 Å². The lowest BCUT2D eigenvalue weighted by Gasteiger charge is -2.17. The standard InChI is InChI=1S/C17H18BrNO2/c1-12-10-14(8-9-16(12)18)19-11-15(17(20)21-2)13-6-4-3-5-7-13/h3-10,15,19H,11H2,1-2H3. The molecule has 1 N–H and O–H groups in total. The van der Waals surface area contributed by atoms with Crippen molar-refractivity contribution in [3.05, 3.63) is 64.1 Å². The molecule has 1 unspecified atom stereocenters. The fourth-order valence-electron chi connectivity index (χ4n) is 2.14. The third-order valence-corrected chi connectivity index (χ3v) is 4.25. The van der Waals surface area contributed by atoms with Crippen molar-refractivity contribution in [2.75, 3.05) is 19.0 Å². The van der Waals surface area contributed by atoms with Gasteiger partial charge in [-0.2, -0.15) is 0 Å². The van der Waals surface area contributed by atoms with Crippen LogP contribution in [0.4, 0.5) is 5.69 Å². The highest BCUT2D eigenvalue weighted by Crippen LogP contribution is 2.22. The molecule has 0 amide bonds. The number of ether oxygens (including phenoxy) is 1. The number of hydrogen-bond donors (Lipinski definition) is 1. The maximum Gasteiger partial charge on any atom is 0.314 e. The fourth-order valence-corrected chi connectivity index (χ4v) is 2.39. The van der Waals surface area contributed by atoms with E-state index in [4.69, 9.17) is 4.74 Å². The van der Waals surface area contributed by atoms with E-state index in [0.29, 0.717) is 6.54 Å². The van der Waals surface area contributed by atoms with Crippen LogP contribution in [-0.4, -0.2) is 19.6 Å². The molecule has 2 aromatic carbocycles. The van der Waals surface area contributed by atoms with Crippen molar-refractivity contribution in [1.29, 1.82) is 0 Å². The molecular weight excluding hydrogens is 330 g/mol. The predicted octanol–water partition coefficient (Wildman–Crippen LogP) is 4.13. The van der Waals surface area contributed by atoms with E-state index in [0.717, 1.165) is 21.3 Å². The van der Waals surface area contributed by atoms with Gasteiger partial charge in [-0.15, -0.1) is 0 Å². The van der Waals surface area contributed by atoms with Gasteiger partial charge in [-0.25, -0.2) is 0 Å². The third kappa shape index (κ3) is 4.08. The molecule has 21 heavy (non-hydrogen) atoms. The van der Waals surface area contributed by atoms with Gasteiger partial charge in [-0.05, 0) is 36.2 Å². The molecule has 4 heteroatoms. The lowest BCUT2D eigenvalue weighted by molar-refractivity contribution is -0.142. The molecular formula is C17H18BrNO2. The largest absolute Gasteiger partial charge is 0.468 e. The molecule has 0 fully saturated rings. The fraction of sp³-hybridized carbons (Fsp3) is 0.235. The Morgan fingerprint density at radius 2 is 1.95 bits per heavy atom. The van der Waals surface area contributed by atoms with E-state index in [1.165, 1.54) is 7.11 Å². The summed E-state index contributed by atoms with van der Waals surface area (Å²) < 4.78 is 5.98.